The minimum absolute atomic E-state index is 0.0547. The Balaban J connectivity index is 1.65. The zero-order valence-electron chi connectivity index (χ0n) is 17.7. The van der Waals surface area contributed by atoms with E-state index in [-0.39, 0.29) is 5.56 Å². The number of rotatable bonds is 3. The number of piperazine rings is 2. The molecular formula is C22H30IN5O. The summed E-state index contributed by atoms with van der Waals surface area (Å²) in [4.78, 5) is 22.3. The van der Waals surface area contributed by atoms with Crippen LogP contribution in [0.15, 0.2) is 29.2 Å². The maximum atomic E-state index is 12.1. The molecule has 0 radical (unpaired) electrons. The van der Waals surface area contributed by atoms with Crippen molar-refractivity contribution < 1.29 is 0 Å². The van der Waals surface area contributed by atoms with E-state index in [1.54, 1.807) is 4.57 Å². The number of hydrogen-bond donors (Lipinski definition) is 0. The number of aromatic nitrogens is 2. The predicted molar refractivity (Wildman–Crippen MR) is 127 cm³/mol. The lowest BCUT2D eigenvalue weighted by molar-refractivity contribution is 0.118. The molecular weight excluding hydrogens is 477 g/mol. The average molecular weight is 507 g/mol. The second-order valence-corrected chi connectivity index (χ2v) is 9.95. The molecule has 29 heavy (non-hydrogen) atoms. The van der Waals surface area contributed by atoms with Crippen LogP contribution in [0.3, 0.4) is 0 Å². The van der Waals surface area contributed by atoms with Crippen LogP contribution in [0.1, 0.15) is 31.0 Å². The van der Waals surface area contributed by atoms with Crippen molar-refractivity contribution in [1.82, 2.24) is 17.6 Å². The Morgan fingerprint density at radius 3 is 2.62 bits per heavy atom. The molecule has 6 nitrogen and oxygen atoms in total. The molecule has 0 spiro atoms. The number of fused-ring (bicyclic) bond motifs is 1. The number of halogens is 1. The Bertz CT molecular complexity index is 930. The van der Waals surface area contributed by atoms with Gasteiger partial charge in [0.25, 0.3) is 5.56 Å². The third kappa shape index (κ3) is 4.22. The van der Waals surface area contributed by atoms with Gasteiger partial charge in [0.2, 0.25) is 0 Å². The third-order valence-corrected chi connectivity index (χ3v) is 6.97. The highest BCUT2D eigenvalue weighted by atomic mass is 127. The van der Waals surface area contributed by atoms with Gasteiger partial charge in [-0.1, -0.05) is 13.8 Å². The lowest BCUT2D eigenvalue weighted by Crippen LogP contribution is -2.60. The Morgan fingerprint density at radius 1 is 1.14 bits per heavy atom. The van der Waals surface area contributed by atoms with Crippen LogP contribution < -0.4 is 10.5 Å². The fourth-order valence-electron chi connectivity index (χ4n) is 4.47. The van der Waals surface area contributed by atoms with E-state index in [2.05, 4.69) is 61.8 Å². The standard InChI is InChI=1S/C22H30IN5O/c1-15(2)21-19(17-11-16(3)22(29)25(4)12-17)5-6-20(24-21)27-8-7-26-9-10-28(23)14-18(26)13-27/h5-6,11-12,15,18H,7-10,13-14H2,1-4H3. The Morgan fingerprint density at radius 2 is 1.90 bits per heavy atom. The van der Waals surface area contributed by atoms with Crippen molar-refractivity contribution in [3.8, 4) is 11.1 Å². The molecule has 0 aliphatic carbocycles. The van der Waals surface area contributed by atoms with Crippen LogP contribution in [0.5, 0.6) is 0 Å². The van der Waals surface area contributed by atoms with Crippen LogP contribution in [0.2, 0.25) is 0 Å². The molecule has 2 saturated heterocycles. The Kier molecular flexibility index (Phi) is 5.99. The first-order chi connectivity index (χ1) is 13.8. The molecule has 4 rings (SSSR count). The molecule has 1 unspecified atom stereocenters. The second kappa shape index (κ2) is 8.35. The van der Waals surface area contributed by atoms with E-state index in [0.29, 0.717) is 12.0 Å². The smallest absolute Gasteiger partial charge is 0.253 e. The first-order valence-electron chi connectivity index (χ1n) is 10.4. The average Bonchev–Trinajstić information content (AvgIpc) is 2.70. The minimum atomic E-state index is 0.0547. The van der Waals surface area contributed by atoms with E-state index in [1.165, 1.54) is 0 Å². The highest BCUT2D eigenvalue weighted by molar-refractivity contribution is 14.1. The van der Waals surface area contributed by atoms with Crippen molar-refractivity contribution >= 4 is 28.7 Å². The molecule has 1 atom stereocenters. The number of hydrogen-bond acceptors (Lipinski definition) is 5. The summed E-state index contributed by atoms with van der Waals surface area (Å²) < 4.78 is 4.07. The summed E-state index contributed by atoms with van der Waals surface area (Å²) >= 11 is 2.45. The van der Waals surface area contributed by atoms with Gasteiger partial charge < -0.3 is 9.47 Å². The molecule has 0 amide bonds. The maximum Gasteiger partial charge on any atom is 0.253 e. The van der Waals surface area contributed by atoms with Gasteiger partial charge >= 0.3 is 0 Å². The quantitative estimate of drug-likeness (QED) is 0.472. The number of aryl methyl sites for hydroxylation is 2. The number of nitrogens with zero attached hydrogens (tertiary/aromatic N) is 5. The van der Waals surface area contributed by atoms with Crippen molar-refractivity contribution in [2.24, 2.45) is 7.05 Å². The van der Waals surface area contributed by atoms with Gasteiger partial charge in [0, 0.05) is 98.1 Å². The van der Waals surface area contributed by atoms with E-state index >= 15 is 0 Å². The van der Waals surface area contributed by atoms with Crippen molar-refractivity contribution in [2.45, 2.75) is 32.7 Å². The number of anilines is 1. The fourth-order valence-corrected chi connectivity index (χ4v) is 5.15. The van der Waals surface area contributed by atoms with Gasteiger partial charge in [0.15, 0.2) is 0 Å². The normalized spacial score (nSPS) is 20.9. The summed E-state index contributed by atoms with van der Waals surface area (Å²) in [6, 6.07) is 6.90. The minimum Gasteiger partial charge on any atom is -0.354 e. The van der Waals surface area contributed by atoms with Crippen LogP contribution in [0.4, 0.5) is 5.82 Å². The molecule has 156 valence electrons. The topological polar surface area (TPSA) is 44.6 Å². The largest absolute Gasteiger partial charge is 0.354 e. The van der Waals surface area contributed by atoms with Crippen LogP contribution in [-0.2, 0) is 7.05 Å². The van der Waals surface area contributed by atoms with E-state index in [4.69, 9.17) is 4.98 Å². The molecule has 2 fully saturated rings. The third-order valence-electron chi connectivity index (χ3n) is 6.10. The van der Waals surface area contributed by atoms with Crippen LogP contribution >= 0.6 is 22.9 Å². The predicted octanol–water partition coefficient (Wildman–Crippen LogP) is 3.04. The molecule has 2 aromatic heterocycles. The fraction of sp³-hybridized carbons (Fsp3) is 0.545. The number of pyridine rings is 2. The molecule has 2 aliphatic heterocycles. The first kappa shape index (κ1) is 20.8. The zero-order chi connectivity index (χ0) is 20.7. The molecule has 4 heterocycles. The molecule has 0 saturated carbocycles. The first-order valence-corrected chi connectivity index (χ1v) is 11.4. The van der Waals surface area contributed by atoms with Crippen LogP contribution in [0, 0.1) is 6.92 Å². The molecule has 0 N–H and O–H groups in total. The van der Waals surface area contributed by atoms with Gasteiger partial charge in [-0.25, -0.2) is 8.10 Å². The van der Waals surface area contributed by atoms with E-state index in [0.717, 1.165) is 67.5 Å². The van der Waals surface area contributed by atoms with Crippen LogP contribution in [0.25, 0.3) is 11.1 Å². The molecule has 2 aromatic rings. The van der Waals surface area contributed by atoms with E-state index in [1.807, 2.05) is 26.2 Å². The summed E-state index contributed by atoms with van der Waals surface area (Å²) in [6.07, 6.45) is 1.92. The zero-order valence-corrected chi connectivity index (χ0v) is 19.9. The monoisotopic (exact) mass is 507 g/mol. The lowest BCUT2D eigenvalue weighted by Gasteiger charge is -2.46. The van der Waals surface area contributed by atoms with Gasteiger partial charge in [-0.2, -0.15) is 0 Å². The molecule has 7 heteroatoms. The van der Waals surface area contributed by atoms with Gasteiger partial charge in [-0.3, -0.25) is 9.69 Å². The molecule has 2 aliphatic rings. The van der Waals surface area contributed by atoms with Crippen LogP contribution in [-0.4, -0.2) is 62.9 Å². The molecule has 0 aromatic carbocycles. The Hall–Kier alpha value is -1.45. The summed E-state index contributed by atoms with van der Waals surface area (Å²) in [6.45, 7) is 12.9. The van der Waals surface area contributed by atoms with Crippen molar-refractivity contribution in [1.29, 1.82) is 0 Å². The van der Waals surface area contributed by atoms with E-state index in [9.17, 15) is 4.79 Å². The van der Waals surface area contributed by atoms with Gasteiger partial charge in [0.05, 0.1) is 5.69 Å². The lowest BCUT2D eigenvalue weighted by atomic mass is 9.97. The van der Waals surface area contributed by atoms with Gasteiger partial charge in [-0.15, -0.1) is 0 Å². The van der Waals surface area contributed by atoms with Crippen molar-refractivity contribution in [2.75, 3.05) is 44.2 Å². The highest BCUT2D eigenvalue weighted by Gasteiger charge is 2.32. The highest BCUT2D eigenvalue weighted by Crippen LogP contribution is 2.31. The maximum absolute atomic E-state index is 12.1. The summed E-state index contributed by atoms with van der Waals surface area (Å²) in [5.74, 6) is 1.38. The van der Waals surface area contributed by atoms with Crippen molar-refractivity contribution in [3.05, 3.63) is 46.0 Å². The second-order valence-electron chi connectivity index (χ2n) is 8.59. The molecule has 0 bridgehead atoms. The van der Waals surface area contributed by atoms with E-state index < -0.39 is 0 Å². The summed E-state index contributed by atoms with van der Waals surface area (Å²) in [5, 5.41) is 0. The van der Waals surface area contributed by atoms with Gasteiger partial charge in [0.1, 0.15) is 5.82 Å². The summed E-state index contributed by atoms with van der Waals surface area (Å²) in [5.41, 5.74) is 4.10. The van der Waals surface area contributed by atoms with Gasteiger partial charge in [-0.05, 0) is 31.0 Å². The Labute approximate surface area is 187 Å². The summed E-state index contributed by atoms with van der Waals surface area (Å²) in [7, 11) is 1.82. The van der Waals surface area contributed by atoms with Crippen molar-refractivity contribution in [3.63, 3.8) is 0 Å². The SMILES string of the molecule is Cc1cc(-c2ccc(N3CCN4CCN(I)CC4C3)nc2C(C)C)cn(C)c1=O.